The molecule has 0 spiro atoms. The van der Waals surface area contributed by atoms with E-state index in [-0.39, 0.29) is 11.5 Å². The Balaban J connectivity index is 1.46. The molecule has 8 heteroatoms. The molecule has 2 aromatic heterocycles. The molecule has 0 saturated carbocycles. The van der Waals surface area contributed by atoms with Crippen LogP contribution in [0.25, 0.3) is 16.6 Å². The van der Waals surface area contributed by atoms with Crippen LogP contribution < -0.4 is 10.5 Å². The van der Waals surface area contributed by atoms with Gasteiger partial charge in [-0.15, -0.1) is 0 Å². The maximum Gasteiger partial charge on any atom is 0.265 e. The summed E-state index contributed by atoms with van der Waals surface area (Å²) in [6.07, 6.45) is 1.63. The Bertz CT molecular complexity index is 1380. The lowest BCUT2D eigenvalue weighted by Gasteiger charge is -2.36. The zero-order valence-corrected chi connectivity index (χ0v) is 18.0. The molecule has 2 aromatic carbocycles. The van der Waals surface area contributed by atoms with E-state index >= 15 is 0 Å². The summed E-state index contributed by atoms with van der Waals surface area (Å²) in [6.45, 7) is 2.53. The van der Waals surface area contributed by atoms with Crippen molar-refractivity contribution in [3.05, 3.63) is 86.8 Å². The van der Waals surface area contributed by atoms with Crippen LogP contribution in [0.5, 0.6) is 0 Å². The molecule has 1 fully saturated rings. The summed E-state index contributed by atoms with van der Waals surface area (Å²) in [4.78, 5) is 34.8. The number of pyridine rings is 1. The zero-order valence-electron chi connectivity index (χ0n) is 16.5. The quantitative estimate of drug-likeness (QED) is 0.429. The molecule has 4 aromatic rings. The SMILES string of the molecule is O=C(c1cccn2c(=O)c3ccc(Cl)cc3nc12)N1CCN(c2cccc(Cl)c2)CC1. The van der Waals surface area contributed by atoms with Crippen LogP contribution in [-0.4, -0.2) is 46.4 Å². The highest BCUT2D eigenvalue weighted by Gasteiger charge is 2.24. The van der Waals surface area contributed by atoms with Gasteiger partial charge in [0.25, 0.3) is 11.5 Å². The summed E-state index contributed by atoms with van der Waals surface area (Å²) in [5, 5.41) is 1.64. The standard InChI is InChI=1S/C23H18Cl2N4O2/c24-15-3-1-4-17(13-15)27-9-11-28(12-10-27)22(30)19-5-2-8-29-21(19)26-20-14-16(25)6-7-18(20)23(29)31/h1-8,13-14H,9-12H2. The Kier molecular flexibility index (Phi) is 5.04. The van der Waals surface area contributed by atoms with Gasteiger partial charge < -0.3 is 9.80 Å². The van der Waals surface area contributed by atoms with E-state index in [1.807, 2.05) is 24.3 Å². The normalized spacial score (nSPS) is 14.4. The highest BCUT2D eigenvalue weighted by atomic mass is 35.5. The summed E-state index contributed by atoms with van der Waals surface area (Å²) in [5.41, 5.74) is 2.03. The Morgan fingerprint density at radius 3 is 2.45 bits per heavy atom. The van der Waals surface area contributed by atoms with E-state index in [2.05, 4.69) is 9.88 Å². The smallest absolute Gasteiger partial charge is 0.265 e. The van der Waals surface area contributed by atoms with Crippen molar-refractivity contribution in [1.82, 2.24) is 14.3 Å². The van der Waals surface area contributed by atoms with Crippen molar-refractivity contribution < 1.29 is 4.79 Å². The van der Waals surface area contributed by atoms with Crippen molar-refractivity contribution in [3.8, 4) is 0 Å². The van der Waals surface area contributed by atoms with E-state index in [4.69, 9.17) is 23.2 Å². The van der Waals surface area contributed by atoms with Crippen LogP contribution in [0.1, 0.15) is 10.4 Å². The van der Waals surface area contributed by atoms with Gasteiger partial charge in [-0.05, 0) is 48.5 Å². The number of benzene rings is 2. The third-order valence-corrected chi connectivity index (χ3v) is 6.04. The van der Waals surface area contributed by atoms with Crippen molar-refractivity contribution in [2.75, 3.05) is 31.1 Å². The van der Waals surface area contributed by atoms with Gasteiger partial charge in [0, 0.05) is 48.1 Å². The largest absolute Gasteiger partial charge is 0.368 e. The van der Waals surface area contributed by atoms with Crippen molar-refractivity contribution >= 4 is 51.3 Å². The van der Waals surface area contributed by atoms with Gasteiger partial charge in [0.15, 0.2) is 5.65 Å². The highest BCUT2D eigenvalue weighted by molar-refractivity contribution is 6.31. The van der Waals surface area contributed by atoms with Crippen LogP contribution >= 0.6 is 23.2 Å². The van der Waals surface area contributed by atoms with Gasteiger partial charge in [-0.2, -0.15) is 0 Å². The lowest BCUT2D eigenvalue weighted by atomic mass is 10.1. The first-order chi connectivity index (χ1) is 15.0. The summed E-state index contributed by atoms with van der Waals surface area (Å²) in [7, 11) is 0. The fraction of sp³-hybridized carbons (Fsp3) is 0.174. The molecule has 1 aliphatic heterocycles. The van der Waals surface area contributed by atoms with E-state index in [0.717, 1.165) is 5.69 Å². The first-order valence-corrected chi connectivity index (χ1v) is 10.7. The number of carbonyl (C=O) groups excluding carboxylic acids is 1. The van der Waals surface area contributed by atoms with Gasteiger partial charge in [0.1, 0.15) is 0 Å². The summed E-state index contributed by atoms with van der Waals surface area (Å²) in [6, 6.07) is 16.1. The monoisotopic (exact) mass is 452 g/mol. The van der Waals surface area contributed by atoms with Crippen LogP contribution in [0, 0.1) is 0 Å². The average Bonchev–Trinajstić information content (AvgIpc) is 2.78. The van der Waals surface area contributed by atoms with Gasteiger partial charge in [-0.1, -0.05) is 29.3 Å². The van der Waals surface area contributed by atoms with Crippen molar-refractivity contribution in [3.63, 3.8) is 0 Å². The van der Waals surface area contributed by atoms with E-state index in [1.165, 1.54) is 4.40 Å². The minimum atomic E-state index is -0.225. The number of piperazine rings is 1. The van der Waals surface area contributed by atoms with Crippen LogP contribution in [0.3, 0.4) is 0 Å². The first kappa shape index (κ1) is 19.8. The molecule has 156 valence electrons. The van der Waals surface area contributed by atoms with Crippen molar-refractivity contribution in [2.24, 2.45) is 0 Å². The maximum absolute atomic E-state index is 13.3. The third kappa shape index (κ3) is 3.62. The summed E-state index contributed by atoms with van der Waals surface area (Å²) in [5.74, 6) is -0.142. The Morgan fingerprint density at radius 1 is 0.903 bits per heavy atom. The topological polar surface area (TPSA) is 57.9 Å². The molecular formula is C23H18Cl2N4O2. The molecule has 1 amide bonds. The van der Waals surface area contributed by atoms with Crippen molar-refractivity contribution in [1.29, 1.82) is 0 Å². The fourth-order valence-corrected chi connectivity index (χ4v) is 4.33. The average molecular weight is 453 g/mol. The molecule has 31 heavy (non-hydrogen) atoms. The molecule has 6 nitrogen and oxygen atoms in total. The second-order valence-electron chi connectivity index (χ2n) is 7.45. The van der Waals surface area contributed by atoms with Gasteiger partial charge in [-0.3, -0.25) is 14.0 Å². The first-order valence-electron chi connectivity index (χ1n) is 9.92. The molecular weight excluding hydrogens is 435 g/mol. The molecule has 0 bridgehead atoms. The van der Waals surface area contributed by atoms with Crippen molar-refractivity contribution in [2.45, 2.75) is 0 Å². The van der Waals surface area contributed by atoms with E-state index in [0.29, 0.717) is 58.3 Å². The molecule has 0 atom stereocenters. The number of carbonyl (C=O) groups is 1. The summed E-state index contributed by atoms with van der Waals surface area (Å²) < 4.78 is 1.42. The number of rotatable bonds is 2. The molecule has 0 unspecified atom stereocenters. The van der Waals surface area contributed by atoms with Crippen LogP contribution in [0.2, 0.25) is 10.0 Å². The van der Waals surface area contributed by atoms with Gasteiger partial charge in [0.2, 0.25) is 0 Å². The fourth-order valence-electron chi connectivity index (χ4n) is 3.98. The summed E-state index contributed by atoms with van der Waals surface area (Å²) >= 11 is 12.2. The number of halogens is 2. The van der Waals surface area contributed by atoms with Crippen LogP contribution in [-0.2, 0) is 0 Å². The van der Waals surface area contributed by atoms with E-state index in [1.54, 1.807) is 41.4 Å². The lowest BCUT2D eigenvalue weighted by molar-refractivity contribution is 0.0748. The molecule has 1 saturated heterocycles. The minimum Gasteiger partial charge on any atom is -0.368 e. The number of anilines is 1. The molecule has 3 heterocycles. The van der Waals surface area contributed by atoms with Gasteiger partial charge in [-0.25, -0.2) is 4.98 Å². The third-order valence-electron chi connectivity index (χ3n) is 5.57. The Labute approximate surface area is 188 Å². The van der Waals surface area contributed by atoms with E-state index in [9.17, 15) is 9.59 Å². The number of nitrogens with zero attached hydrogens (tertiary/aromatic N) is 4. The molecule has 0 radical (unpaired) electrons. The molecule has 0 N–H and O–H groups in total. The van der Waals surface area contributed by atoms with Gasteiger partial charge >= 0.3 is 0 Å². The number of fused-ring (bicyclic) bond motifs is 2. The number of hydrogen-bond donors (Lipinski definition) is 0. The molecule has 0 aliphatic carbocycles. The predicted octanol–water partition coefficient (Wildman–Crippen LogP) is 4.12. The Hall–Kier alpha value is -3.09. The maximum atomic E-state index is 13.3. The van der Waals surface area contributed by atoms with Crippen LogP contribution in [0.4, 0.5) is 5.69 Å². The van der Waals surface area contributed by atoms with E-state index < -0.39 is 0 Å². The predicted molar refractivity (Wildman–Crippen MR) is 124 cm³/mol. The molecule has 5 rings (SSSR count). The number of hydrogen-bond acceptors (Lipinski definition) is 4. The van der Waals surface area contributed by atoms with Gasteiger partial charge in [0.05, 0.1) is 16.5 Å². The second-order valence-corrected chi connectivity index (χ2v) is 8.33. The highest BCUT2D eigenvalue weighted by Crippen LogP contribution is 2.22. The zero-order chi connectivity index (χ0) is 21.5. The number of amides is 1. The number of aromatic nitrogens is 2. The lowest BCUT2D eigenvalue weighted by Crippen LogP contribution is -2.49. The Morgan fingerprint density at radius 2 is 1.68 bits per heavy atom. The minimum absolute atomic E-state index is 0.142. The van der Waals surface area contributed by atoms with Crippen LogP contribution in [0.15, 0.2) is 65.6 Å². The second kappa shape index (κ2) is 7.87. The molecule has 1 aliphatic rings.